The molecule has 0 aliphatic carbocycles. The number of nitrogens with zero attached hydrogens (tertiary/aromatic N) is 4. The number of hydrogen-bond donors (Lipinski definition) is 3. The van der Waals surface area contributed by atoms with Crippen LogP contribution in [-0.2, 0) is 11.2 Å². The monoisotopic (exact) mass is 434 g/mol. The normalized spacial score (nSPS) is 24.3. The second-order valence-electron chi connectivity index (χ2n) is 8.91. The number of nitrogens with two attached hydrogens (primary N) is 1. The van der Waals surface area contributed by atoms with Crippen LogP contribution in [0.2, 0.25) is 5.02 Å². The lowest BCUT2D eigenvalue weighted by Gasteiger charge is -2.48. The first-order chi connectivity index (χ1) is 14.3. The molecule has 164 valence electrons. The third-order valence-electron chi connectivity index (χ3n) is 6.23. The first-order valence-electron chi connectivity index (χ1n) is 10.6. The first-order valence-corrected chi connectivity index (χ1v) is 10.9. The molecule has 30 heavy (non-hydrogen) atoms. The molecule has 0 amide bonds. The van der Waals surface area contributed by atoms with Gasteiger partial charge in [0.05, 0.1) is 18.3 Å². The third kappa shape index (κ3) is 4.88. The molecule has 0 bridgehead atoms. The predicted octanol–water partition coefficient (Wildman–Crippen LogP) is 2.09. The van der Waals surface area contributed by atoms with Gasteiger partial charge in [0, 0.05) is 36.7 Å². The number of ether oxygens (including phenoxy) is 1. The summed E-state index contributed by atoms with van der Waals surface area (Å²) in [4.78, 5) is 7.76. The minimum absolute atomic E-state index is 0.203. The van der Waals surface area contributed by atoms with Crippen LogP contribution < -0.4 is 10.6 Å². The van der Waals surface area contributed by atoms with Crippen molar-refractivity contribution in [1.82, 2.24) is 20.1 Å². The molecule has 2 aliphatic heterocycles. The van der Waals surface area contributed by atoms with Crippen LogP contribution in [0, 0.1) is 0 Å². The minimum atomic E-state index is -0.873. The van der Waals surface area contributed by atoms with Crippen LogP contribution in [0.15, 0.2) is 24.3 Å². The maximum atomic E-state index is 10.6. The number of morpholine rings is 1. The molecule has 2 atom stereocenters. The average molecular weight is 435 g/mol. The zero-order valence-corrected chi connectivity index (χ0v) is 18.3. The van der Waals surface area contributed by atoms with Crippen molar-refractivity contribution >= 4 is 23.5 Å². The van der Waals surface area contributed by atoms with E-state index in [1.165, 1.54) is 5.56 Å². The maximum absolute atomic E-state index is 10.6. The number of H-pyrrole nitrogens is 1. The second-order valence-corrected chi connectivity index (χ2v) is 9.35. The molecule has 0 unspecified atom stereocenters. The molecule has 0 saturated carbocycles. The van der Waals surface area contributed by atoms with Crippen molar-refractivity contribution in [3.8, 4) is 0 Å². The lowest BCUT2D eigenvalue weighted by Crippen LogP contribution is -2.61. The van der Waals surface area contributed by atoms with E-state index < -0.39 is 5.60 Å². The Morgan fingerprint density at radius 1 is 1.23 bits per heavy atom. The van der Waals surface area contributed by atoms with E-state index in [2.05, 4.69) is 37.1 Å². The number of halogens is 1. The van der Waals surface area contributed by atoms with Gasteiger partial charge in [0.1, 0.15) is 0 Å². The van der Waals surface area contributed by atoms with Crippen molar-refractivity contribution in [3.63, 3.8) is 0 Å². The van der Waals surface area contributed by atoms with Gasteiger partial charge in [0.15, 0.2) is 0 Å². The molecule has 8 nitrogen and oxygen atoms in total. The van der Waals surface area contributed by atoms with Gasteiger partial charge in [0.2, 0.25) is 11.9 Å². The van der Waals surface area contributed by atoms with Gasteiger partial charge in [-0.2, -0.15) is 0 Å². The molecule has 0 spiro atoms. The van der Waals surface area contributed by atoms with Gasteiger partial charge in [0.25, 0.3) is 0 Å². The van der Waals surface area contributed by atoms with Crippen molar-refractivity contribution < 1.29 is 9.84 Å². The number of hydrogen-bond acceptors (Lipinski definition) is 7. The molecule has 4 rings (SSSR count). The number of rotatable bonds is 5. The van der Waals surface area contributed by atoms with E-state index in [9.17, 15) is 5.11 Å². The van der Waals surface area contributed by atoms with Crippen LogP contribution in [0.1, 0.15) is 32.3 Å². The molecule has 1 aromatic carbocycles. The van der Waals surface area contributed by atoms with E-state index in [1.54, 1.807) is 0 Å². The Balaban J connectivity index is 1.46. The molecule has 2 fully saturated rings. The van der Waals surface area contributed by atoms with E-state index in [0.29, 0.717) is 18.6 Å². The molecule has 0 radical (unpaired) electrons. The van der Waals surface area contributed by atoms with Crippen LogP contribution in [0.25, 0.3) is 0 Å². The van der Waals surface area contributed by atoms with Gasteiger partial charge in [-0.15, -0.1) is 10.2 Å². The number of nitrogens with one attached hydrogen (secondary N) is 1. The summed E-state index contributed by atoms with van der Waals surface area (Å²) in [5.74, 6) is 1.08. The Bertz CT molecular complexity index is 829. The van der Waals surface area contributed by atoms with Crippen molar-refractivity contribution in [2.75, 3.05) is 36.9 Å². The molecule has 4 N–H and O–H groups in total. The van der Waals surface area contributed by atoms with Crippen LogP contribution in [0.5, 0.6) is 0 Å². The highest BCUT2D eigenvalue weighted by Gasteiger charge is 2.40. The summed E-state index contributed by atoms with van der Waals surface area (Å²) < 4.78 is 6.10. The molecule has 3 heterocycles. The van der Waals surface area contributed by atoms with E-state index in [-0.39, 0.29) is 12.1 Å². The fourth-order valence-corrected chi connectivity index (χ4v) is 4.60. The van der Waals surface area contributed by atoms with Gasteiger partial charge in [-0.1, -0.05) is 23.7 Å². The van der Waals surface area contributed by atoms with Gasteiger partial charge in [-0.25, -0.2) is 0 Å². The summed E-state index contributed by atoms with van der Waals surface area (Å²) >= 11 is 6.05. The second kappa shape index (κ2) is 8.70. The summed E-state index contributed by atoms with van der Waals surface area (Å²) in [5, 5.41) is 19.3. The van der Waals surface area contributed by atoms with Crippen LogP contribution in [0.4, 0.5) is 11.9 Å². The summed E-state index contributed by atoms with van der Waals surface area (Å²) in [5.41, 5.74) is 6.05. The summed E-state index contributed by atoms with van der Waals surface area (Å²) in [6.07, 6.45) is 2.72. The molecular formula is C21H31ClN6O2. The Hall–Kier alpha value is -1.87. The quantitative estimate of drug-likeness (QED) is 0.661. The number of anilines is 2. The zero-order valence-electron chi connectivity index (χ0n) is 17.6. The minimum Gasteiger partial charge on any atom is -0.388 e. The van der Waals surface area contributed by atoms with E-state index in [4.69, 9.17) is 22.1 Å². The highest BCUT2D eigenvalue weighted by molar-refractivity contribution is 6.30. The van der Waals surface area contributed by atoms with Crippen LogP contribution in [0.3, 0.4) is 0 Å². The predicted molar refractivity (Wildman–Crippen MR) is 118 cm³/mol. The van der Waals surface area contributed by atoms with E-state index in [1.807, 2.05) is 26.0 Å². The van der Waals surface area contributed by atoms with Crippen LogP contribution in [-0.4, -0.2) is 75.2 Å². The Morgan fingerprint density at radius 2 is 1.93 bits per heavy atom. The van der Waals surface area contributed by atoms with Crippen molar-refractivity contribution in [3.05, 3.63) is 34.9 Å². The van der Waals surface area contributed by atoms with Gasteiger partial charge in [-0.3, -0.25) is 9.88 Å². The summed E-state index contributed by atoms with van der Waals surface area (Å²) in [6.45, 7) is 6.76. The molecule has 9 heteroatoms. The van der Waals surface area contributed by atoms with Gasteiger partial charge < -0.3 is 20.5 Å². The number of nitrogen functional groups attached to an aromatic ring is 1. The van der Waals surface area contributed by atoms with E-state index >= 15 is 0 Å². The van der Waals surface area contributed by atoms with Gasteiger partial charge >= 0.3 is 0 Å². The highest BCUT2D eigenvalue weighted by Crippen LogP contribution is 2.29. The SMILES string of the molecule is CC(C)(O)[C@H]1CN(C2CCN(c3nnc(N)[nH]3)CC2)[C@@H](Cc2ccc(Cl)cc2)CO1. The number of piperidine rings is 1. The number of benzene rings is 1. The smallest absolute Gasteiger partial charge is 0.226 e. The molecule has 2 aliphatic rings. The lowest BCUT2D eigenvalue weighted by molar-refractivity contribution is -0.154. The summed E-state index contributed by atoms with van der Waals surface area (Å²) in [6, 6.07) is 8.73. The standard InChI is InChI=1S/C21H31ClN6O2/c1-21(2,29)18-12-28(17(13-30-18)11-14-3-5-15(22)6-4-14)16-7-9-27(10-8-16)20-24-19(23)25-26-20/h3-6,16-18,29H,7-13H2,1-2H3,(H3,23,24,25,26)/t17-,18+/m0/s1. The van der Waals surface area contributed by atoms with Crippen molar-refractivity contribution in [2.24, 2.45) is 0 Å². The van der Waals surface area contributed by atoms with Crippen molar-refractivity contribution in [2.45, 2.75) is 56.9 Å². The largest absolute Gasteiger partial charge is 0.388 e. The Morgan fingerprint density at radius 3 is 2.53 bits per heavy atom. The number of aromatic nitrogens is 3. The molecule has 2 saturated heterocycles. The van der Waals surface area contributed by atoms with E-state index in [0.717, 1.165) is 49.9 Å². The Labute approximate surface area is 182 Å². The zero-order chi connectivity index (χ0) is 21.3. The number of aromatic amines is 1. The topological polar surface area (TPSA) is 104 Å². The lowest BCUT2D eigenvalue weighted by atomic mass is 9.92. The average Bonchev–Trinajstić information content (AvgIpc) is 3.16. The highest BCUT2D eigenvalue weighted by atomic mass is 35.5. The fraction of sp³-hybridized carbons (Fsp3) is 0.619. The third-order valence-corrected chi connectivity index (χ3v) is 6.49. The summed E-state index contributed by atoms with van der Waals surface area (Å²) in [7, 11) is 0. The molecule has 2 aromatic rings. The van der Waals surface area contributed by atoms with Crippen molar-refractivity contribution in [1.29, 1.82) is 0 Å². The van der Waals surface area contributed by atoms with Gasteiger partial charge in [-0.05, 0) is 50.8 Å². The Kier molecular flexibility index (Phi) is 6.20. The maximum Gasteiger partial charge on any atom is 0.226 e. The molecule has 1 aromatic heterocycles. The fourth-order valence-electron chi connectivity index (χ4n) is 4.48. The number of aliphatic hydroxyl groups is 1. The van der Waals surface area contributed by atoms with Crippen LogP contribution >= 0.6 is 11.6 Å². The first kappa shape index (κ1) is 21.4. The molecular weight excluding hydrogens is 404 g/mol.